The van der Waals surface area contributed by atoms with Gasteiger partial charge in [0.05, 0.1) is 10.9 Å². The number of H-pyrrole nitrogens is 2. The summed E-state index contributed by atoms with van der Waals surface area (Å²) < 4.78 is 36.1. The zero-order valence-corrected chi connectivity index (χ0v) is 13.4. The van der Waals surface area contributed by atoms with Crippen LogP contribution in [0.15, 0.2) is 31.0 Å². The van der Waals surface area contributed by atoms with Gasteiger partial charge in [0.25, 0.3) is 12.0 Å². The highest BCUT2D eigenvalue weighted by Gasteiger charge is 2.27. The van der Waals surface area contributed by atoms with Crippen LogP contribution in [0.5, 0.6) is 0 Å². The van der Waals surface area contributed by atoms with E-state index in [9.17, 15) is 18.0 Å². The van der Waals surface area contributed by atoms with Crippen molar-refractivity contribution in [3.8, 4) is 11.4 Å². The van der Waals surface area contributed by atoms with E-state index >= 15 is 0 Å². The van der Waals surface area contributed by atoms with Crippen molar-refractivity contribution in [1.29, 1.82) is 0 Å². The average Bonchev–Trinajstić information content (AvgIpc) is 3.04. The first-order valence-corrected chi connectivity index (χ1v) is 7.66. The highest BCUT2D eigenvalue weighted by molar-refractivity contribution is 5.90. The van der Waals surface area contributed by atoms with Crippen molar-refractivity contribution >= 4 is 22.8 Å². The van der Waals surface area contributed by atoms with Crippen LogP contribution >= 0.6 is 0 Å². The molecule has 8 nitrogen and oxygen atoms in total. The van der Waals surface area contributed by atoms with Crippen LogP contribution in [0.2, 0.25) is 0 Å². The van der Waals surface area contributed by atoms with Gasteiger partial charge in [-0.25, -0.2) is 15.0 Å². The van der Waals surface area contributed by atoms with E-state index in [1.807, 2.05) is 5.32 Å². The van der Waals surface area contributed by atoms with E-state index in [1.165, 1.54) is 0 Å². The highest BCUT2D eigenvalue weighted by atomic mass is 19.4. The fourth-order valence-electron chi connectivity index (χ4n) is 2.26. The minimum atomic E-state index is -4.42. The number of halogens is 3. The zero-order valence-electron chi connectivity index (χ0n) is 13.4. The maximum absolute atomic E-state index is 12.0. The molecule has 0 aromatic carbocycles. The van der Waals surface area contributed by atoms with Gasteiger partial charge in [0, 0.05) is 25.4 Å². The Bertz CT molecular complexity index is 909. The SMILES string of the molecule is O=C(CCNc1ccnc(-c2c[nH]c3nc[nH+]cc23)n1)NCC(F)(F)F. The molecule has 3 rings (SSSR count). The predicted molar refractivity (Wildman–Crippen MR) is 85.8 cm³/mol. The number of aromatic nitrogens is 5. The number of nitrogens with one attached hydrogen (secondary N) is 4. The second-order valence-corrected chi connectivity index (χ2v) is 5.37. The van der Waals surface area contributed by atoms with Gasteiger partial charge in [-0.1, -0.05) is 0 Å². The number of amides is 1. The molecule has 0 saturated carbocycles. The van der Waals surface area contributed by atoms with Crippen molar-refractivity contribution < 1.29 is 22.9 Å². The number of hydrogen-bond acceptors (Lipinski definition) is 5. The van der Waals surface area contributed by atoms with Gasteiger partial charge in [-0.3, -0.25) is 4.79 Å². The van der Waals surface area contributed by atoms with Gasteiger partial charge in [-0.2, -0.15) is 13.2 Å². The van der Waals surface area contributed by atoms with Crippen LogP contribution in [-0.4, -0.2) is 45.1 Å². The Morgan fingerprint density at radius 3 is 2.96 bits per heavy atom. The summed E-state index contributed by atoms with van der Waals surface area (Å²) in [6, 6.07) is 1.61. The summed E-state index contributed by atoms with van der Waals surface area (Å²) in [7, 11) is 0. The van der Waals surface area contributed by atoms with Crippen LogP contribution < -0.4 is 15.6 Å². The van der Waals surface area contributed by atoms with E-state index in [-0.39, 0.29) is 13.0 Å². The fourth-order valence-corrected chi connectivity index (χ4v) is 2.26. The molecule has 11 heteroatoms. The van der Waals surface area contributed by atoms with Crippen molar-refractivity contribution in [2.24, 2.45) is 0 Å². The summed E-state index contributed by atoms with van der Waals surface area (Å²) in [5, 5.41) is 5.52. The average molecular weight is 366 g/mol. The van der Waals surface area contributed by atoms with Crippen LogP contribution in [-0.2, 0) is 4.79 Å². The maximum Gasteiger partial charge on any atom is 0.405 e. The lowest BCUT2D eigenvalue weighted by molar-refractivity contribution is -0.380. The third-order valence-electron chi connectivity index (χ3n) is 3.44. The van der Waals surface area contributed by atoms with Crippen LogP contribution in [0.3, 0.4) is 0 Å². The van der Waals surface area contributed by atoms with Crippen LogP contribution in [0.4, 0.5) is 19.0 Å². The normalized spacial score (nSPS) is 11.5. The first-order valence-electron chi connectivity index (χ1n) is 7.66. The van der Waals surface area contributed by atoms with Gasteiger partial charge in [-0.15, -0.1) is 0 Å². The molecule has 0 aliphatic rings. The lowest BCUT2D eigenvalue weighted by atomic mass is 10.2. The molecule has 4 N–H and O–H groups in total. The maximum atomic E-state index is 12.0. The Morgan fingerprint density at radius 2 is 2.15 bits per heavy atom. The van der Waals surface area contributed by atoms with Crippen LogP contribution in [0.25, 0.3) is 22.4 Å². The molecule has 0 unspecified atom stereocenters. The van der Waals surface area contributed by atoms with E-state index < -0.39 is 18.6 Å². The number of carbonyl (C=O) groups is 1. The molecule has 0 radical (unpaired) electrons. The minimum absolute atomic E-state index is 0.110. The van der Waals surface area contributed by atoms with Crippen molar-refractivity contribution in [2.75, 3.05) is 18.4 Å². The largest absolute Gasteiger partial charge is 0.405 e. The Labute approximate surface area is 145 Å². The Hall–Kier alpha value is -3.24. The Kier molecular flexibility index (Phi) is 4.96. The van der Waals surface area contributed by atoms with Crippen LogP contribution in [0.1, 0.15) is 6.42 Å². The predicted octanol–water partition coefficient (Wildman–Crippen LogP) is 1.31. The van der Waals surface area contributed by atoms with Gasteiger partial charge in [-0.05, 0) is 11.1 Å². The van der Waals surface area contributed by atoms with Gasteiger partial charge in [0.1, 0.15) is 18.6 Å². The molecule has 0 spiro atoms. The Balaban J connectivity index is 1.61. The lowest BCUT2D eigenvalue weighted by Crippen LogP contribution is -2.34. The number of nitrogens with zero attached hydrogens (tertiary/aromatic N) is 3. The number of carbonyl (C=O) groups excluding carboxylic acids is 1. The summed E-state index contributed by atoms with van der Waals surface area (Å²) in [5.41, 5.74) is 1.43. The molecule has 0 saturated heterocycles. The smallest absolute Gasteiger partial charge is 0.369 e. The quantitative estimate of drug-likeness (QED) is 0.609. The van der Waals surface area contributed by atoms with Crippen LogP contribution in [0, 0.1) is 0 Å². The number of alkyl halides is 3. The minimum Gasteiger partial charge on any atom is -0.369 e. The number of rotatable bonds is 6. The second-order valence-electron chi connectivity index (χ2n) is 5.37. The molecular formula is C15H15F3N7O+. The van der Waals surface area contributed by atoms with E-state index in [0.717, 1.165) is 10.9 Å². The third kappa shape index (κ3) is 4.43. The fraction of sp³-hybridized carbons (Fsp3) is 0.267. The summed E-state index contributed by atoms with van der Waals surface area (Å²) >= 11 is 0. The van der Waals surface area contributed by atoms with Crippen molar-refractivity contribution in [3.05, 3.63) is 31.0 Å². The van der Waals surface area contributed by atoms with Crippen molar-refractivity contribution in [2.45, 2.75) is 12.6 Å². The van der Waals surface area contributed by atoms with Gasteiger partial charge in [0.15, 0.2) is 5.82 Å². The monoisotopic (exact) mass is 366 g/mol. The number of aromatic amines is 2. The molecular weight excluding hydrogens is 351 g/mol. The summed E-state index contributed by atoms with van der Waals surface area (Å²) in [6.07, 6.45) is 2.06. The summed E-state index contributed by atoms with van der Waals surface area (Å²) in [4.78, 5) is 30.0. The molecule has 3 heterocycles. The number of anilines is 1. The molecule has 0 fully saturated rings. The first-order chi connectivity index (χ1) is 12.4. The third-order valence-corrected chi connectivity index (χ3v) is 3.44. The molecule has 26 heavy (non-hydrogen) atoms. The molecule has 0 aliphatic carbocycles. The molecule has 3 aromatic heterocycles. The van der Waals surface area contributed by atoms with E-state index in [2.05, 4.69) is 30.2 Å². The number of fused-ring (bicyclic) bond motifs is 1. The van der Waals surface area contributed by atoms with Gasteiger partial charge < -0.3 is 15.6 Å². The lowest BCUT2D eigenvalue weighted by Gasteiger charge is -2.09. The summed E-state index contributed by atoms with van der Waals surface area (Å²) in [6.45, 7) is -1.20. The topological polar surface area (TPSA) is 110 Å². The van der Waals surface area contributed by atoms with Crippen molar-refractivity contribution in [3.63, 3.8) is 0 Å². The molecule has 136 valence electrons. The molecule has 0 atom stereocenters. The highest BCUT2D eigenvalue weighted by Crippen LogP contribution is 2.23. The standard InChI is InChI=1S/C15H14F3N7O/c16-15(17,18)7-23-12(26)2-4-20-11-1-3-21-14(25-11)10-6-22-13-9(10)5-19-8-24-13/h1,3,5-6,8H,2,4,7H2,(H,23,26)(H,19,22,24)(H,20,21,25)/p+1. The van der Waals surface area contributed by atoms with Gasteiger partial charge >= 0.3 is 6.18 Å². The number of hydrogen-bond donors (Lipinski definition) is 3. The Morgan fingerprint density at radius 1 is 1.31 bits per heavy atom. The van der Waals surface area contributed by atoms with E-state index in [4.69, 9.17) is 0 Å². The van der Waals surface area contributed by atoms with E-state index in [0.29, 0.717) is 17.3 Å². The zero-order chi connectivity index (χ0) is 18.6. The van der Waals surface area contributed by atoms with Gasteiger partial charge in [0.2, 0.25) is 5.91 Å². The van der Waals surface area contributed by atoms with Crippen molar-refractivity contribution in [1.82, 2.24) is 25.3 Å². The second kappa shape index (κ2) is 7.33. The summed E-state index contributed by atoms with van der Waals surface area (Å²) in [5.74, 6) is 0.215. The molecule has 1 amide bonds. The molecule has 0 aliphatic heterocycles. The molecule has 3 aromatic rings. The first kappa shape index (κ1) is 17.6. The van der Waals surface area contributed by atoms with E-state index in [1.54, 1.807) is 31.0 Å². The molecule has 0 bridgehead atoms.